The van der Waals surface area contributed by atoms with E-state index in [0.717, 1.165) is 5.56 Å². The van der Waals surface area contributed by atoms with Crippen LogP contribution in [-0.4, -0.2) is 45.1 Å². The van der Waals surface area contributed by atoms with Gasteiger partial charge in [-0.2, -0.15) is 0 Å². The number of aryl methyl sites for hydroxylation is 1. The van der Waals surface area contributed by atoms with Crippen molar-refractivity contribution in [3.8, 4) is 0 Å². The molecule has 0 aliphatic carbocycles. The second-order valence-electron chi connectivity index (χ2n) is 7.97. The summed E-state index contributed by atoms with van der Waals surface area (Å²) in [7, 11) is -4.06. The fraction of sp³-hybridized carbons (Fsp3) is 0.269. The predicted octanol–water partition coefficient (Wildman–Crippen LogP) is 3.56. The van der Waals surface area contributed by atoms with Crippen LogP contribution in [0.1, 0.15) is 35.5 Å². The number of rotatable bonds is 11. The molecule has 1 aromatic heterocycles. The maximum atomic E-state index is 12.9. The number of anilines is 1. The van der Waals surface area contributed by atoms with Gasteiger partial charge in [-0.05, 0) is 63.2 Å². The lowest BCUT2D eigenvalue weighted by Gasteiger charge is -2.32. The Morgan fingerprint density at radius 1 is 0.946 bits per heavy atom. The van der Waals surface area contributed by atoms with Gasteiger partial charge in [0, 0.05) is 30.7 Å². The summed E-state index contributed by atoms with van der Waals surface area (Å²) < 4.78 is 38.6. The zero-order valence-corrected chi connectivity index (χ0v) is 21.7. The van der Waals surface area contributed by atoms with Crippen LogP contribution in [0, 0.1) is 6.92 Å². The monoisotopic (exact) mass is 526 g/mol. The Morgan fingerprint density at radius 2 is 1.65 bits per heavy atom. The highest BCUT2D eigenvalue weighted by Gasteiger charge is 2.36. The first-order chi connectivity index (χ1) is 17.7. The molecule has 3 rings (SSSR count). The van der Waals surface area contributed by atoms with Crippen LogP contribution in [0.5, 0.6) is 0 Å². The number of hydrogen-bond acceptors (Lipinski definition) is 7. The lowest BCUT2D eigenvalue weighted by molar-refractivity contribution is -0.240. The van der Waals surface area contributed by atoms with Gasteiger partial charge < -0.3 is 20.1 Å². The average Bonchev–Trinajstić information content (AvgIpc) is 2.88. The average molecular weight is 527 g/mol. The van der Waals surface area contributed by atoms with Gasteiger partial charge in [0.2, 0.25) is 5.79 Å². The third-order valence-corrected chi connectivity index (χ3v) is 6.58. The van der Waals surface area contributed by atoms with E-state index in [9.17, 15) is 18.0 Å². The van der Waals surface area contributed by atoms with E-state index >= 15 is 0 Å². The smallest absolute Gasteiger partial charge is 0.333 e. The summed E-state index contributed by atoms with van der Waals surface area (Å²) in [5, 5.41) is 5.24. The van der Waals surface area contributed by atoms with E-state index in [0.29, 0.717) is 18.9 Å². The van der Waals surface area contributed by atoms with Crippen LogP contribution < -0.4 is 15.4 Å². The molecule has 0 saturated carbocycles. The number of hydrogen-bond donors (Lipinski definition) is 3. The summed E-state index contributed by atoms with van der Waals surface area (Å²) >= 11 is 0. The molecule has 0 unspecified atom stereocenters. The fourth-order valence-corrected chi connectivity index (χ4v) is 4.44. The van der Waals surface area contributed by atoms with E-state index in [-0.39, 0.29) is 22.7 Å². The molecular formula is C26H30N4O6S. The fourth-order valence-electron chi connectivity index (χ4n) is 3.53. The molecular weight excluding hydrogens is 496 g/mol. The van der Waals surface area contributed by atoms with Crippen LogP contribution in [0.25, 0.3) is 0 Å². The van der Waals surface area contributed by atoms with Crippen LogP contribution >= 0.6 is 0 Å². The Balaban J connectivity index is 1.69. The van der Waals surface area contributed by atoms with E-state index in [1.807, 2.05) is 25.5 Å². The summed E-state index contributed by atoms with van der Waals surface area (Å²) in [6.45, 7) is 6.09. The molecule has 10 nitrogen and oxygen atoms in total. The van der Waals surface area contributed by atoms with Crippen LogP contribution in [0.3, 0.4) is 0 Å². The molecule has 0 atom stereocenters. The highest BCUT2D eigenvalue weighted by atomic mass is 32.2. The lowest BCUT2D eigenvalue weighted by Crippen LogP contribution is -2.45. The first-order valence-electron chi connectivity index (χ1n) is 11.7. The summed E-state index contributed by atoms with van der Waals surface area (Å²) in [6.07, 6.45) is 1.61. The molecule has 196 valence electrons. The van der Waals surface area contributed by atoms with Crippen molar-refractivity contribution >= 4 is 27.6 Å². The maximum absolute atomic E-state index is 12.9. The van der Waals surface area contributed by atoms with Gasteiger partial charge in [0.15, 0.2) is 0 Å². The van der Waals surface area contributed by atoms with E-state index in [4.69, 9.17) is 9.47 Å². The van der Waals surface area contributed by atoms with Gasteiger partial charge in [0.05, 0.1) is 11.4 Å². The van der Waals surface area contributed by atoms with E-state index in [1.165, 1.54) is 24.3 Å². The van der Waals surface area contributed by atoms with Crippen molar-refractivity contribution in [2.75, 3.05) is 25.1 Å². The Hall–Kier alpha value is -3.80. The SMILES string of the molecule is CCOC(CNC(=O)c1cccc(NC(=O)NS(=O)(=O)c2ccc(C)cc2)c1)(OCC)c1ccccn1. The van der Waals surface area contributed by atoms with Crippen LogP contribution in [-0.2, 0) is 25.3 Å². The number of benzene rings is 2. The minimum Gasteiger partial charge on any atom is -0.346 e. The largest absolute Gasteiger partial charge is 0.346 e. The first kappa shape index (κ1) is 27.8. The number of ether oxygens (including phenoxy) is 2. The van der Waals surface area contributed by atoms with Crippen molar-refractivity contribution in [1.29, 1.82) is 0 Å². The van der Waals surface area contributed by atoms with E-state index in [1.54, 1.807) is 48.7 Å². The topological polar surface area (TPSA) is 136 Å². The van der Waals surface area contributed by atoms with Gasteiger partial charge in [-0.1, -0.05) is 29.8 Å². The Bertz CT molecular complexity index is 1310. The summed E-state index contributed by atoms with van der Waals surface area (Å²) in [5.41, 5.74) is 1.87. The third kappa shape index (κ3) is 7.35. The number of pyridine rings is 1. The Morgan fingerprint density at radius 3 is 2.27 bits per heavy atom. The molecule has 0 spiro atoms. The molecule has 37 heavy (non-hydrogen) atoms. The zero-order valence-electron chi connectivity index (χ0n) is 20.9. The van der Waals surface area contributed by atoms with Gasteiger partial charge in [-0.15, -0.1) is 0 Å². The molecule has 0 fully saturated rings. The minimum absolute atomic E-state index is 0.0164. The molecule has 0 bridgehead atoms. The van der Waals surface area contributed by atoms with E-state index in [2.05, 4.69) is 15.6 Å². The number of nitrogens with zero attached hydrogens (tertiary/aromatic N) is 1. The van der Waals surface area contributed by atoms with Gasteiger partial charge in [0.1, 0.15) is 5.69 Å². The number of sulfonamides is 1. The second kappa shape index (κ2) is 12.4. The van der Waals surface area contributed by atoms with Crippen molar-refractivity contribution in [2.24, 2.45) is 0 Å². The first-order valence-corrected chi connectivity index (χ1v) is 13.2. The summed E-state index contributed by atoms with van der Waals surface area (Å²) in [6, 6.07) is 16.5. The van der Waals surface area contributed by atoms with Crippen LogP contribution in [0.15, 0.2) is 77.8 Å². The molecule has 0 radical (unpaired) electrons. The van der Waals surface area contributed by atoms with Crippen molar-refractivity contribution in [3.63, 3.8) is 0 Å². The molecule has 0 saturated heterocycles. The zero-order chi connectivity index (χ0) is 26.9. The molecule has 3 amide bonds. The van der Waals surface area contributed by atoms with Gasteiger partial charge in [0.25, 0.3) is 15.9 Å². The Labute approximate surface area is 216 Å². The second-order valence-corrected chi connectivity index (χ2v) is 9.65. The number of carbonyl (C=O) groups is 2. The lowest BCUT2D eigenvalue weighted by atomic mass is 10.1. The van der Waals surface area contributed by atoms with Crippen molar-refractivity contribution in [3.05, 3.63) is 89.7 Å². The third-order valence-electron chi connectivity index (χ3n) is 5.23. The number of amides is 3. The standard InChI is InChI=1S/C26H30N4O6S/c1-4-35-26(36-5-2,23-11-6-7-16-27-23)18-28-24(31)20-9-8-10-21(17-20)29-25(32)30-37(33,34)22-14-12-19(3)13-15-22/h6-17H,4-5,18H2,1-3H3,(H,28,31)(H2,29,30,32). The minimum atomic E-state index is -4.06. The number of aromatic nitrogens is 1. The molecule has 3 aromatic rings. The van der Waals surface area contributed by atoms with Gasteiger partial charge >= 0.3 is 6.03 Å². The van der Waals surface area contributed by atoms with Crippen LogP contribution in [0.2, 0.25) is 0 Å². The molecule has 3 N–H and O–H groups in total. The quantitative estimate of drug-likeness (QED) is 0.325. The molecule has 2 aromatic carbocycles. The molecule has 1 heterocycles. The maximum Gasteiger partial charge on any atom is 0.333 e. The summed E-state index contributed by atoms with van der Waals surface area (Å²) in [4.78, 5) is 29.6. The molecule has 0 aliphatic rings. The predicted molar refractivity (Wildman–Crippen MR) is 138 cm³/mol. The number of nitrogens with one attached hydrogen (secondary N) is 3. The van der Waals surface area contributed by atoms with Crippen molar-refractivity contribution < 1.29 is 27.5 Å². The van der Waals surface area contributed by atoms with E-state index < -0.39 is 27.7 Å². The molecule has 0 aliphatic heterocycles. The highest BCUT2D eigenvalue weighted by Crippen LogP contribution is 2.25. The highest BCUT2D eigenvalue weighted by molar-refractivity contribution is 7.90. The van der Waals surface area contributed by atoms with Gasteiger partial charge in [-0.25, -0.2) is 17.9 Å². The van der Waals surface area contributed by atoms with Gasteiger partial charge in [-0.3, -0.25) is 9.78 Å². The van der Waals surface area contributed by atoms with Crippen molar-refractivity contribution in [2.45, 2.75) is 31.5 Å². The normalized spacial score (nSPS) is 11.5. The van der Waals surface area contributed by atoms with Crippen molar-refractivity contribution in [1.82, 2.24) is 15.0 Å². The number of carbonyl (C=O) groups excluding carboxylic acids is 2. The Kier molecular flexibility index (Phi) is 9.34. The summed E-state index contributed by atoms with van der Waals surface area (Å²) in [5.74, 6) is -1.73. The molecule has 11 heteroatoms. The number of urea groups is 1. The van der Waals surface area contributed by atoms with Crippen LogP contribution in [0.4, 0.5) is 10.5 Å².